The summed E-state index contributed by atoms with van der Waals surface area (Å²) < 4.78 is 0. The summed E-state index contributed by atoms with van der Waals surface area (Å²) in [4.78, 5) is 24.0. The summed E-state index contributed by atoms with van der Waals surface area (Å²) in [5.74, 6) is 1.29. The lowest BCUT2D eigenvalue weighted by atomic mass is 10.3. The van der Waals surface area contributed by atoms with Crippen molar-refractivity contribution in [3.8, 4) is 10.6 Å². The highest BCUT2D eigenvalue weighted by Gasteiger charge is 2.26. The van der Waals surface area contributed by atoms with Crippen molar-refractivity contribution >= 4 is 11.3 Å². The Bertz CT molecular complexity index is 583. The van der Waals surface area contributed by atoms with E-state index < -0.39 is 0 Å². The minimum absolute atomic E-state index is 0.0713. The van der Waals surface area contributed by atoms with Crippen molar-refractivity contribution in [1.82, 2.24) is 15.0 Å². The number of nitrogens with one attached hydrogen (secondary N) is 1. The van der Waals surface area contributed by atoms with Crippen LogP contribution in [-0.4, -0.2) is 15.0 Å². The van der Waals surface area contributed by atoms with Gasteiger partial charge in [0.25, 0.3) is 5.56 Å². The molecule has 2 aromatic heterocycles. The molecule has 0 amide bonds. The van der Waals surface area contributed by atoms with Crippen LogP contribution in [0.5, 0.6) is 0 Å². The largest absolute Gasteiger partial charge is 0.310 e. The third-order valence-electron chi connectivity index (χ3n) is 2.60. The van der Waals surface area contributed by atoms with E-state index in [4.69, 9.17) is 0 Å². The molecule has 0 atom stereocenters. The molecule has 4 nitrogen and oxygen atoms in total. The summed E-state index contributed by atoms with van der Waals surface area (Å²) in [6.07, 6.45) is 4.04. The molecule has 2 heterocycles. The van der Waals surface area contributed by atoms with Gasteiger partial charge in [-0.15, -0.1) is 11.3 Å². The fourth-order valence-corrected chi connectivity index (χ4v) is 2.37. The van der Waals surface area contributed by atoms with Crippen LogP contribution in [0.3, 0.4) is 0 Å². The standard InChI is InChI=1S/C11H11N3OS/c1-6-12-5-9(16-6)8-4-10(15)14-11(13-8)7-2-3-7/h4-5,7H,2-3H2,1H3,(H,13,14,15). The number of aryl methyl sites for hydroxylation is 1. The van der Waals surface area contributed by atoms with Crippen molar-refractivity contribution in [1.29, 1.82) is 0 Å². The topological polar surface area (TPSA) is 58.6 Å². The maximum absolute atomic E-state index is 11.5. The first kappa shape index (κ1) is 9.72. The van der Waals surface area contributed by atoms with Gasteiger partial charge in [0.15, 0.2) is 0 Å². The molecular weight excluding hydrogens is 222 g/mol. The number of aromatic amines is 1. The Kier molecular flexibility index (Phi) is 2.14. The third kappa shape index (κ3) is 1.78. The van der Waals surface area contributed by atoms with Gasteiger partial charge in [0.05, 0.1) is 15.6 Å². The van der Waals surface area contributed by atoms with E-state index in [0.717, 1.165) is 34.2 Å². The smallest absolute Gasteiger partial charge is 0.251 e. The number of rotatable bonds is 2. The number of thiazole rings is 1. The molecule has 0 bridgehead atoms. The van der Waals surface area contributed by atoms with Crippen molar-refractivity contribution in [3.63, 3.8) is 0 Å². The highest BCUT2D eigenvalue weighted by molar-refractivity contribution is 7.15. The number of aromatic nitrogens is 3. The Labute approximate surface area is 96.4 Å². The van der Waals surface area contributed by atoms with E-state index in [2.05, 4.69) is 15.0 Å². The van der Waals surface area contributed by atoms with E-state index in [1.807, 2.05) is 6.92 Å². The Morgan fingerprint density at radius 2 is 2.31 bits per heavy atom. The minimum atomic E-state index is -0.0713. The highest BCUT2D eigenvalue weighted by Crippen LogP contribution is 2.38. The zero-order valence-corrected chi connectivity index (χ0v) is 9.67. The van der Waals surface area contributed by atoms with Crippen molar-refractivity contribution in [2.75, 3.05) is 0 Å². The molecule has 1 N–H and O–H groups in total. The van der Waals surface area contributed by atoms with Crippen LogP contribution in [0.4, 0.5) is 0 Å². The predicted octanol–water partition coefficient (Wildman–Crippen LogP) is 2.08. The first-order valence-corrected chi connectivity index (χ1v) is 6.08. The lowest BCUT2D eigenvalue weighted by Gasteiger charge is -2.00. The maximum atomic E-state index is 11.5. The highest BCUT2D eigenvalue weighted by atomic mass is 32.1. The van der Waals surface area contributed by atoms with E-state index >= 15 is 0 Å². The van der Waals surface area contributed by atoms with Crippen LogP contribution < -0.4 is 5.56 Å². The van der Waals surface area contributed by atoms with Gasteiger partial charge >= 0.3 is 0 Å². The van der Waals surface area contributed by atoms with E-state index in [9.17, 15) is 4.79 Å². The summed E-state index contributed by atoms with van der Waals surface area (Å²) in [5.41, 5.74) is 0.675. The molecule has 0 radical (unpaired) electrons. The van der Waals surface area contributed by atoms with Gasteiger partial charge in [0.2, 0.25) is 0 Å². The molecule has 0 unspecified atom stereocenters. The first-order valence-electron chi connectivity index (χ1n) is 5.26. The molecule has 1 aliphatic rings. The van der Waals surface area contributed by atoms with Crippen LogP contribution in [0.15, 0.2) is 17.1 Å². The van der Waals surface area contributed by atoms with Gasteiger partial charge < -0.3 is 4.98 Å². The molecular formula is C11H11N3OS. The van der Waals surface area contributed by atoms with Crippen LogP contribution in [0.25, 0.3) is 10.6 Å². The molecule has 82 valence electrons. The maximum Gasteiger partial charge on any atom is 0.251 e. The van der Waals surface area contributed by atoms with Crippen LogP contribution in [0.1, 0.15) is 29.6 Å². The molecule has 1 aliphatic carbocycles. The molecule has 0 aromatic carbocycles. The van der Waals surface area contributed by atoms with Gasteiger partial charge in [-0.1, -0.05) is 0 Å². The molecule has 0 spiro atoms. The van der Waals surface area contributed by atoms with Crippen LogP contribution >= 0.6 is 11.3 Å². The normalized spacial score (nSPS) is 15.3. The van der Waals surface area contributed by atoms with Crippen molar-refractivity contribution in [3.05, 3.63) is 33.4 Å². The third-order valence-corrected chi connectivity index (χ3v) is 3.53. The van der Waals surface area contributed by atoms with Crippen molar-refractivity contribution in [2.24, 2.45) is 0 Å². The fraction of sp³-hybridized carbons (Fsp3) is 0.364. The minimum Gasteiger partial charge on any atom is -0.310 e. The molecule has 0 aliphatic heterocycles. The van der Waals surface area contributed by atoms with Crippen LogP contribution in [0.2, 0.25) is 0 Å². The molecule has 1 saturated carbocycles. The van der Waals surface area contributed by atoms with Crippen LogP contribution in [-0.2, 0) is 0 Å². The average Bonchev–Trinajstić information content (AvgIpc) is 3.01. The lowest BCUT2D eigenvalue weighted by Crippen LogP contribution is -2.10. The number of nitrogens with zero attached hydrogens (tertiary/aromatic N) is 2. The zero-order chi connectivity index (χ0) is 11.1. The SMILES string of the molecule is Cc1ncc(-c2cc(=O)[nH]c(C3CC3)n2)s1. The second-order valence-electron chi connectivity index (χ2n) is 4.03. The van der Waals surface area contributed by atoms with Crippen molar-refractivity contribution in [2.45, 2.75) is 25.7 Å². The monoisotopic (exact) mass is 233 g/mol. The summed E-state index contributed by atoms with van der Waals surface area (Å²) in [6, 6.07) is 1.54. The average molecular weight is 233 g/mol. The molecule has 16 heavy (non-hydrogen) atoms. The van der Waals surface area contributed by atoms with E-state index in [0.29, 0.717) is 5.92 Å². The molecule has 0 saturated heterocycles. The quantitative estimate of drug-likeness (QED) is 0.864. The Hall–Kier alpha value is -1.49. The summed E-state index contributed by atoms with van der Waals surface area (Å²) in [6.45, 7) is 1.95. The summed E-state index contributed by atoms with van der Waals surface area (Å²) in [5, 5.41) is 0.991. The van der Waals surface area contributed by atoms with Crippen molar-refractivity contribution < 1.29 is 0 Å². The fourth-order valence-electron chi connectivity index (χ4n) is 1.63. The van der Waals surface area contributed by atoms with Gasteiger partial charge in [-0.2, -0.15) is 0 Å². The number of H-pyrrole nitrogens is 1. The van der Waals surface area contributed by atoms with Gasteiger partial charge in [-0.05, 0) is 19.8 Å². The van der Waals surface area contributed by atoms with E-state index in [1.54, 1.807) is 23.6 Å². The first-order chi connectivity index (χ1) is 7.72. The molecule has 1 fully saturated rings. The van der Waals surface area contributed by atoms with Gasteiger partial charge in [0.1, 0.15) is 5.82 Å². The molecule has 2 aromatic rings. The second kappa shape index (κ2) is 3.52. The Morgan fingerprint density at radius 3 is 2.94 bits per heavy atom. The number of hydrogen-bond acceptors (Lipinski definition) is 4. The second-order valence-corrected chi connectivity index (χ2v) is 5.27. The molecule has 3 rings (SSSR count). The Morgan fingerprint density at radius 1 is 1.50 bits per heavy atom. The van der Waals surface area contributed by atoms with Gasteiger partial charge in [-0.3, -0.25) is 4.79 Å². The number of hydrogen-bond donors (Lipinski definition) is 1. The molecule has 5 heteroatoms. The summed E-state index contributed by atoms with van der Waals surface area (Å²) in [7, 11) is 0. The zero-order valence-electron chi connectivity index (χ0n) is 8.86. The van der Waals surface area contributed by atoms with Crippen LogP contribution in [0, 0.1) is 6.92 Å². The van der Waals surface area contributed by atoms with Gasteiger partial charge in [0, 0.05) is 18.2 Å². The van der Waals surface area contributed by atoms with Gasteiger partial charge in [-0.25, -0.2) is 9.97 Å². The Balaban J connectivity index is 2.09. The lowest BCUT2D eigenvalue weighted by molar-refractivity contribution is 0.913. The van der Waals surface area contributed by atoms with E-state index in [1.165, 1.54) is 0 Å². The predicted molar refractivity (Wildman–Crippen MR) is 62.7 cm³/mol. The summed E-state index contributed by atoms with van der Waals surface area (Å²) >= 11 is 1.56. The van der Waals surface area contributed by atoms with E-state index in [-0.39, 0.29) is 5.56 Å².